The molecule has 1 unspecified atom stereocenters. The first-order valence-electron chi connectivity index (χ1n) is 7.11. The van der Waals surface area contributed by atoms with Crippen LogP contribution in [0.1, 0.15) is 78.1 Å². The monoisotopic (exact) mass is 230 g/mol. The van der Waals surface area contributed by atoms with Crippen molar-refractivity contribution in [3.8, 4) is 0 Å². The molecule has 0 amide bonds. The maximum Gasteiger partial charge on any atom is 0.154 e. The molecule has 2 heteroatoms. The van der Waals surface area contributed by atoms with Gasteiger partial charge in [0.15, 0.2) is 6.29 Å². The highest BCUT2D eigenvalue weighted by Gasteiger charge is 2.01. The molecule has 1 N–H and O–H groups in total. The number of hydrogen-bond acceptors (Lipinski definition) is 2. The van der Waals surface area contributed by atoms with Crippen LogP contribution >= 0.6 is 0 Å². The van der Waals surface area contributed by atoms with Crippen molar-refractivity contribution in [2.75, 3.05) is 6.61 Å². The number of hydrogen-bond donors (Lipinski definition) is 1. The van der Waals surface area contributed by atoms with Crippen LogP contribution in [0, 0.1) is 0 Å². The number of rotatable bonds is 12. The molecule has 16 heavy (non-hydrogen) atoms. The molecular formula is C14H30O2. The molecule has 0 rings (SSSR count). The molecule has 0 spiro atoms. The lowest BCUT2D eigenvalue weighted by Gasteiger charge is -2.09. The fraction of sp³-hybridized carbons (Fsp3) is 1.00. The van der Waals surface area contributed by atoms with E-state index in [1.165, 1.54) is 51.4 Å². The summed E-state index contributed by atoms with van der Waals surface area (Å²) in [7, 11) is 0. The average molecular weight is 230 g/mol. The second kappa shape index (κ2) is 13.0. The second-order valence-electron chi connectivity index (χ2n) is 4.53. The minimum Gasteiger partial charge on any atom is -0.368 e. The minimum absolute atomic E-state index is 0.533. The summed E-state index contributed by atoms with van der Waals surface area (Å²) < 4.78 is 5.07. The third kappa shape index (κ3) is 12.0. The van der Waals surface area contributed by atoms with Gasteiger partial charge in [0.25, 0.3) is 0 Å². The van der Waals surface area contributed by atoms with E-state index in [4.69, 9.17) is 4.74 Å². The zero-order valence-electron chi connectivity index (χ0n) is 11.2. The van der Waals surface area contributed by atoms with Crippen molar-refractivity contribution in [1.29, 1.82) is 0 Å². The van der Waals surface area contributed by atoms with Gasteiger partial charge in [-0.25, -0.2) is 0 Å². The lowest BCUT2D eigenvalue weighted by molar-refractivity contribution is -0.0994. The summed E-state index contributed by atoms with van der Waals surface area (Å²) in [6.45, 7) is 4.78. The molecule has 0 saturated carbocycles. The Hall–Kier alpha value is -0.0800. The standard InChI is InChI=1S/C14H30O2/c1-3-5-6-7-8-9-10-11-12-13-14(15)16-4-2/h14-15H,3-13H2,1-2H3. The van der Waals surface area contributed by atoms with Gasteiger partial charge in [0.05, 0.1) is 0 Å². The fourth-order valence-electron chi connectivity index (χ4n) is 1.91. The highest BCUT2D eigenvalue weighted by Crippen LogP contribution is 2.11. The van der Waals surface area contributed by atoms with Gasteiger partial charge in [-0.3, -0.25) is 0 Å². The van der Waals surface area contributed by atoms with Gasteiger partial charge in [-0.05, 0) is 19.8 Å². The predicted octanol–water partition coefficient (Wildman–Crippen LogP) is 4.26. The van der Waals surface area contributed by atoms with E-state index in [0.29, 0.717) is 6.61 Å². The first-order chi connectivity index (χ1) is 7.81. The van der Waals surface area contributed by atoms with Gasteiger partial charge < -0.3 is 9.84 Å². The molecule has 0 aromatic carbocycles. The first kappa shape index (κ1) is 15.9. The molecule has 2 nitrogen and oxygen atoms in total. The van der Waals surface area contributed by atoms with Crippen molar-refractivity contribution in [2.45, 2.75) is 84.3 Å². The molecule has 0 bridgehead atoms. The van der Waals surface area contributed by atoms with E-state index >= 15 is 0 Å². The maximum absolute atomic E-state index is 9.33. The lowest BCUT2D eigenvalue weighted by Crippen LogP contribution is -2.10. The third-order valence-corrected chi connectivity index (χ3v) is 2.91. The average Bonchev–Trinajstić information content (AvgIpc) is 2.27. The maximum atomic E-state index is 9.33. The van der Waals surface area contributed by atoms with Crippen molar-refractivity contribution < 1.29 is 9.84 Å². The van der Waals surface area contributed by atoms with E-state index in [-0.39, 0.29) is 0 Å². The SMILES string of the molecule is CCCCCCCCCCCC(O)OCC. The number of ether oxygens (including phenoxy) is 1. The lowest BCUT2D eigenvalue weighted by atomic mass is 10.1. The smallest absolute Gasteiger partial charge is 0.154 e. The Bertz CT molecular complexity index is 126. The summed E-state index contributed by atoms with van der Waals surface area (Å²) in [5.41, 5.74) is 0. The normalized spacial score (nSPS) is 12.9. The van der Waals surface area contributed by atoms with E-state index < -0.39 is 6.29 Å². The summed E-state index contributed by atoms with van der Waals surface area (Å²) in [6.07, 6.45) is 12.2. The molecule has 0 radical (unpaired) electrons. The zero-order valence-corrected chi connectivity index (χ0v) is 11.2. The van der Waals surface area contributed by atoms with Crippen molar-refractivity contribution in [2.24, 2.45) is 0 Å². The highest BCUT2D eigenvalue weighted by molar-refractivity contribution is 4.48. The van der Waals surface area contributed by atoms with Crippen LogP contribution in [0.3, 0.4) is 0 Å². The molecule has 0 aliphatic carbocycles. The fourth-order valence-corrected chi connectivity index (χ4v) is 1.91. The summed E-state index contributed by atoms with van der Waals surface area (Å²) in [5, 5.41) is 9.33. The van der Waals surface area contributed by atoms with Crippen LogP contribution in [-0.4, -0.2) is 18.0 Å². The van der Waals surface area contributed by atoms with Gasteiger partial charge in [0.1, 0.15) is 0 Å². The molecule has 98 valence electrons. The molecule has 0 fully saturated rings. The first-order valence-corrected chi connectivity index (χ1v) is 7.11. The van der Waals surface area contributed by atoms with E-state index in [1.54, 1.807) is 0 Å². The number of aliphatic hydroxyl groups excluding tert-OH is 1. The molecule has 0 aromatic heterocycles. The Labute approximate surface area is 101 Å². The second-order valence-corrected chi connectivity index (χ2v) is 4.53. The zero-order chi connectivity index (χ0) is 12.1. The van der Waals surface area contributed by atoms with Crippen molar-refractivity contribution in [1.82, 2.24) is 0 Å². The molecule has 0 aliphatic heterocycles. The van der Waals surface area contributed by atoms with E-state index in [2.05, 4.69) is 6.92 Å². The van der Waals surface area contributed by atoms with Gasteiger partial charge in [0, 0.05) is 6.61 Å². The number of unbranched alkanes of at least 4 members (excludes halogenated alkanes) is 8. The van der Waals surface area contributed by atoms with Crippen LogP contribution in [-0.2, 0) is 4.74 Å². The Morgan fingerprint density at radius 3 is 1.81 bits per heavy atom. The summed E-state index contributed by atoms with van der Waals surface area (Å²) >= 11 is 0. The minimum atomic E-state index is -0.533. The molecular weight excluding hydrogens is 200 g/mol. The van der Waals surface area contributed by atoms with E-state index in [9.17, 15) is 5.11 Å². The van der Waals surface area contributed by atoms with Gasteiger partial charge in [-0.1, -0.05) is 58.3 Å². The molecule has 0 aromatic rings. The molecule has 0 aliphatic rings. The van der Waals surface area contributed by atoms with Crippen LogP contribution in [0.15, 0.2) is 0 Å². The van der Waals surface area contributed by atoms with Crippen LogP contribution in [0.5, 0.6) is 0 Å². The molecule has 1 atom stereocenters. The topological polar surface area (TPSA) is 29.5 Å². The van der Waals surface area contributed by atoms with Crippen LogP contribution in [0.25, 0.3) is 0 Å². The van der Waals surface area contributed by atoms with Crippen LogP contribution < -0.4 is 0 Å². The van der Waals surface area contributed by atoms with E-state index in [1.807, 2.05) is 6.92 Å². The van der Waals surface area contributed by atoms with Gasteiger partial charge >= 0.3 is 0 Å². The largest absolute Gasteiger partial charge is 0.368 e. The predicted molar refractivity (Wildman–Crippen MR) is 69.5 cm³/mol. The van der Waals surface area contributed by atoms with E-state index in [0.717, 1.165) is 12.8 Å². The highest BCUT2D eigenvalue weighted by atomic mass is 16.6. The summed E-state index contributed by atoms with van der Waals surface area (Å²) in [5.74, 6) is 0. The Kier molecular flexibility index (Phi) is 12.9. The third-order valence-electron chi connectivity index (χ3n) is 2.91. The molecule has 0 saturated heterocycles. The molecule has 0 heterocycles. The van der Waals surface area contributed by atoms with Crippen LogP contribution in [0.4, 0.5) is 0 Å². The van der Waals surface area contributed by atoms with Crippen molar-refractivity contribution in [3.63, 3.8) is 0 Å². The Morgan fingerprint density at radius 2 is 1.31 bits per heavy atom. The van der Waals surface area contributed by atoms with Gasteiger partial charge in [0.2, 0.25) is 0 Å². The Morgan fingerprint density at radius 1 is 0.812 bits per heavy atom. The Balaban J connectivity index is 2.98. The van der Waals surface area contributed by atoms with Crippen molar-refractivity contribution in [3.05, 3.63) is 0 Å². The van der Waals surface area contributed by atoms with Crippen LogP contribution in [0.2, 0.25) is 0 Å². The quantitative estimate of drug-likeness (QED) is 0.401. The number of aliphatic hydroxyl groups is 1. The summed E-state index contributed by atoms with van der Waals surface area (Å²) in [4.78, 5) is 0. The van der Waals surface area contributed by atoms with Gasteiger partial charge in [-0.2, -0.15) is 0 Å². The summed E-state index contributed by atoms with van der Waals surface area (Å²) in [6, 6.07) is 0. The van der Waals surface area contributed by atoms with Crippen molar-refractivity contribution >= 4 is 0 Å². The van der Waals surface area contributed by atoms with Gasteiger partial charge in [-0.15, -0.1) is 0 Å².